The third kappa shape index (κ3) is 8.87. The zero-order valence-electron chi connectivity index (χ0n) is 14.2. The largest absolute Gasteiger partial charge is 0.467 e. The zero-order valence-corrected chi connectivity index (χ0v) is 14.2. The number of nitrogens with one attached hydrogen (secondary N) is 2. The van der Waals surface area contributed by atoms with E-state index in [2.05, 4.69) is 10.6 Å². The van der Waals surface area contributed by atoms with Gasteiger partial charge >= 0.3 is 6.09 Å². The van der Waals surface area contributed by atoms with Crippen molar-refractivity contribution in [3.63, 3.8) is 0 Å². The molecule has 1 aromatic rings. The number of carbonyl (C=O) groups is 2. The van der Waals surface area contributed by atoms with Gasteiger partial charge in [-0.05, 0) is 46.2 Å². The number of rotatable bonds is 8. The molecule has 130 valence electrons. The van der Waals surface area contributed by atoms with E-state index in [-0.39, 0.29) is 5.91 Å². The molecule has 0 aliphatic carbocycles. The number of hydrogen-bond acceptors (Lipinski definition) is 5. The Morgan fingerprint density at radius 1 is 1.35 bits per heavy atom. The van der Waals surface area contributed by atoms with E-state index in [0.717, 1.165) is 5.76 Å². The monoisotopic (exact) mass is 326 g/mol. The molecule has 0 saturated carbocycles. The lowest BCUT2D eigenvalue weighted by atomic mass is 10.2. The van der Waals surface area contributed by atoms with Crippen molar-refractivity contribution in [3.8, 4) is 0 Å². The van der Waals surface area contributed by atoms with Crippen LogP contribution in [0.2, 0.25) is 0 Å². The van der Waals surface area contributed by atoms with Gasteiger partial charge in [-0.25, -0.2) is 4.79 Å². The van der Waals surface area contributed by atoms with E-state index in [1.54, 1.807) is 40.0 Å². The molecule has 0 bridgehead atoms. The minimum absolute atomic E-state index is 0.262. The Kier molecular flexibility index (Phi) is 7.61. The number of furan rings is 1. The first-order valence-corrected chi connectivity index (χ1v) is 7.65. The summed E-state index contributed by atoms with van der Waals surface area (Å²) in [5, 5.41) is 5.22. The fourth-order valence-corrected chi connectivity index (χ4v) is 1.66. The molecule has 1 rings (SSSR count). The fraction of sp³-hybridized carbons (Fsp3) is 0.625. The molecule has 0 aliphatic rings. The molecule has 1 aromatic heterocycles. The number of ether oxygens (including phenoxy) is 2. The SMILES string of the molecule is CC(NC(=O)OC(C)(C)C)C(=O)NCCCOCc1ccco1. The second-order valence-corrected chi connectivity index (χ2v) is 6.14. The lowest BCUT2D eigenvalue weighted by Crippen LogP contribution is -2.46. The van der Waals surface area contributed by atoms with Crippen molar-refractivity contribution in [2.75, 3.05) is 13.2 Å². The summed E-state index contributed by atoms with van der Waals surface area (Å²) in [5.41, 5.74) is -0.592. The standard InChI is InChI=1S/C16H26N2O5/c1-12(18-15(20)23-16(2,3)4)14(19)17-8-6-9-21-11-13-7-5-10-22-13/h5,7,10,12H,6,8-9,11H2,1-4H3,(H,17,19)(H,18,20). The second kappa shape index (κ2) is 9.19. The average Bonchev–Trinajstić information content (AvgIpc) is 2.93. The molecule has 0 aromatic carbocycles. The van der Waals surface area contributed by atoms with E-state index in [1.807, 2.05) is 6.07 Å². The van der Waals surface area contributed by atoms with Gasteiger partial charge < -0.3 is 24.5 Å². The van der Waals surface area contributed by atoms with Crippen molar-refractivity contribution in [3.05, 3.63) is 24.2 Å². The van der Waals surface area contributed by atoms with Crippen LogP contribution in [0.25, 0.3) is 0 Å². The van der Waals surface area contributed by atoms with Crippen LogP contribution in [0.15, 0.2) is 22.8 Å². The Balaban J connectivity index is 2.09. The van der Waals surface area contributed by atoms with E-state index in [4.69, 9.17) is 13.9 Å². The molecule has 2 N–H and O–H groups in total. The molecule has 23 heavy (non-hydrogen) atoms. The molecule has 7 nitrogen and oxygen atoms in total. The van der Waals surface area contributed by atoms with Gasteiger partial charge in [-0.3, -0.25) is 4.79 Å². The van der Waals surface area contributed by atoms with E-state index in [1.165, 1.54) is 0 Å². The lowest BCUT2D eigenvalue weighted by Gasteiger charge is -2.21. The van der Waals surface area contributed by atoms with Crippen LogP contribution in [0.5, 0.6) is 0 Å². The summed E-state index contributed by atoms with van der Waals surface area (Å²) in [6, 6.07) is 2.98. The lowest BCUT2D eigenvalue weighted by molar-refractivity contribution is -0.122. The highest BCUT2D eigenvalue weighted by molar-refractivity contribution is 5.85. The summed E-state index contributed by atoms with van der Waals surface area (Å²) < 4.78 is 15.6. The van der Waals surface area contributed by atoms with Crippen LogP contribution in [-0.2, 0) is 20.9 Å². The molecule has 0 aliphatic heterocycles. The molecule has 7 heteroatoms. The van der Waals surface area contributed by atoms with Gasteiger partial charge in [-0.2, -0.15) is 0 Å². The van der Waals surface area contributed by atoms with Crippen molar-refractivity contribution in [1.82, 2.24) is 10.6 Å². The van der Waals surface area contributed by atoms with Gasteiger partial charge in [0.25, 0.3) is 0 Å². The van der Waals surface area contributed by atoms with Gasteiger partial charge in [-0.15, -0.1) is 0 Å². The first-order valence-electron chi connectivity index (χ1n) is 7.65. The fourth-order valence-electron chi connectivity index (χ4n) is 1.66. The Labute approximate surface area is 136 Å². The highest BCUT2D eigenvalue weighted by Gasteiger charge is 2.20. The van der Waals surface area contributed by atoms with Gasteiger partial charge in [0.05, 0.1) is 6.26 Å². The number of hydrogen-bond donors (Lipinski definition) is 2. The number of carbonyl (C=O) groups excluding carboxylic acids is 2. The van der Waals surface area contributed by atoms with Crippen LogP contribution in [0.3, 0.4) is 0 Å². The Morgan fingerprint density at radius 2 is 2.09 bits per heavy atom. The molecule has 0 saturated heterocycles. The molecule has 1 unspecified atom stereocenters. The maximum Gasteiger partial charge on any atom is 0.408 e. The van der Waals surface area contributed by atoms with E-state index < -0.39 is 17.7 Å². The molecular formula is C16H26N2O5. The normalized spacial score (nSPS) is 12.5. The maximum absolute atomic E-state index is 11.8. The molecular weight excluding hydrogens is 300 g/mol. The van der Waals surface area contributed by atoms with Gasteiger partial charge in [0, 0.05) is 13.2 Å². The summed E-state index contributed by atoms with van der Waals surface area (Å²) in [7, 11) is 0. The van der Waals surface area contributed by atoms with Crippen LogP contribution >= 0.6 is 0 Å². The molecule has 1 atom stereocenters. The summed E-state index contributed by atoms with van der Waals surface area (Å²) in [5.74, 6) is 0.506. The minimum Gasteiger partial charge on any atom is -0.467 e. The van der Waals surface area contributed by atoms with Gasteiger partial charge in [-0.1, -0.05) is 0 Å². The Bertz CT molecular complexity index is 479. The molecule has 0 spiro atoms. The van der Waals surface area contributed by atoms with Crippen LogP contribution < -0.4 is 10.6 Å². The molecule has 1 heterocycles. The average molecular weight is 326 g/mol. The quantitative estimate of drug-likeness (QED) is 0.715. The van der Waals surface area contributed by atoms with Crippen molar-refractivity contribution in [2.24, 2.45) is 0 Å². The Hall–Kier alpha value is -2.02. The Morgan fingerprint density at radius 3 is 2.70 bits per heavy atom. The second-order valence-electron chi connectivity index (χ2n) is 6.14. The summed E-state index contributed by atoms with van der Waals surface area (Å²) in [6.07, 6.45) is 1.66. The number of alkyl carbamates (subject to hydrolysis) is 1. The van der Waals surface area contributed by atoms with Crippen molar-refractivity contribution >= 4 is 12.0 Å². The van der Waals surface area contributed by atoms with Crippen molar-refractivity contribution in [1.29, 1.82) is 0 Å². The summed E-state index contributed by atoms with van der Waals surface area (Å²) in [4.78, 5) is 23.4. The van der Waals surface area contributed by atoms with Crippen molar-refractivity contribution in [2.45, 2.75) is 52.4 Å². The van der Waals surface area contributed by atoms with Crippen molar-refractivity contribution < 1.29 is 23.5 Å². The highest BCUT2D eigenvalue weighted by Crippen LogP contribution is 2.06. The van der Waals surface area contributed by atoms with Crippen LogP contribution in [0.1, 0.15) is 39.9 Å². The predicted octanol–water partition coefficient (Wildman–Crippen LogP) is 2.22. The van der Waals surface area contributed by atoms with E-state index in [9.17, 15) is 9.59 Å². The predicted molar refractivity (Wildman–Crippen MR) is 84.8 cm³/mol. The van der Waals surface area contributed by atoms with E-state index in [0.29, 0.717) is 26.2 Å². The van der Waals surface area contributed by atoms with Crippen LogP contribution in [0.4, 0.5) is 4.79 Å². The van der Waals surface area contributed by atoms with Gasteiger partial charge in [0.1, 0.15) is 24.0 Å². The van der Waals surface area contributed by atoms with E-state index >= 15 is 0 Å². The minimum atomic E-state index is -0.658. The topological polar surface area (TPSA) is 89.8 Å². The van der Waals surface area contributed by atoms with Crippen LogP contribution in [0, 0.1) is 0 Å². The molecule has 0 fully saturated rings. The van der Waals surface area contributed by atoms with Gasteiger partial charge in [0.15, 0.2) is 0 Å². The number of amides is 2. The molecule has 2 amide bonds. The first-order chi connectivity index (χ1) is 10.8. The smallest absolute Gasteiger partial charge is 0.408 e. The highest BCUT2D eigenvalue weighted by atomic mass is 16.6. The first kappa shape index (κ1) is 19.0. The third-order valence-corrected chi connectivity index (χ3v) is 2.72. The zero-order chi connectivity index (χ0) is 17.3. The molecule has 0 radical (unpaired) electrons. The van der Waals surface area contributed by atoms with Crippen LogP contribution in [-0.4, -0.2) is 36.8 Å². The van der Waals surface area contributed by atoms with Gasteiger partial charge in [0.2, 0.25) is 5.91 Å². The summed E-state index contributed by atoms with van der Waals surface area (Å²) in [6.45, 7) is 8.29. The summed E-state index contributed by atoms with van der Waals surface area (Å²) >= 11 is 0. The third-order valence-electron chi connectivity index (χ3n) is 2.72. The maximum atomic E-state index is 11.8.